The smallest absolute Gasteiger partial charge is 0.262 e. The van der Waals surface area contributed by atoms with E-state index in [0.717, 1.165) is 26.4 Å². The van der Waals surface area contributed by atoms with E-state index >= 15 is 0 Å². The van der Waals surface area contributed by atoms with Gasteiger partial charge in [-0.05, 0) is 29.7 Å². The first-order chi connectivity index (χ1) is 14.5. The molecule has 1 amide bonds. The van der Waals surface area contributed by atoms with Gasteiger partial charge in [-0.1, -0.05) is 60.1 Å². The molecule has 0 fully saturated rings. The highest BCUT2D eigenvalue weighted by atomic mass is 35.5. The first kappa shape index (κ1) is 20.3. The van der Waals surface area contributed by atoms with Crippen molar-refractivity contribution < 1.29 is 4.79 Å². The van der Waals surface area contributed by atoms with Crippen molar-refractivity contribution in [3.63, 3.8) is 0 Å². The van der Waals surface area contributed by atoms with E-state index in [4.69, 9.17) is 11.6 Å². The molecule has 2 heterocycles. The van der Waals surface area contributed by atoms with Crippen molar-refractivity contribution in [1.29, 1.82) is 0 Å². The summed E-state index contributed by atoms with van der Waals surface area (Å²) in [7, 11) is 0. The Bertz CT molecular complexity index is 1260. The minimum Gasteiger partial charge on any atom is -0.352 e. The summed E-state index contributed by atoms with van der Waals surface area (Å²) in [5, 5.41) is 4.09. The first-order valence-corrected chi connectivity index (χ1v) is 10.8. The van der Waals surface area contributed by atoms with E-state index in [1.54, 1.807) is 6.07 Å². The zero-order valence-electron chi connectivity index (χ0n) is 16.4. The lowest BCUT2D eigenvalue weighted by atomic mass is 10.1. The number of fused-ring (bicyclic) bond motifs is 1. The monoisotopic (exact) mass is 437 g/mol. The van der Waals surface area contributed by atoms with Crippen molar-refractivity contribution in [2.45, 2.75) is 26.4 Å². The van der Waals surface area contributed by atoms with Crippen LogP contribution in [0.1, 0.15) is 17.5 Å². The number of rotatable bonds is 6. The third kappa shape index (κ3) is 4.15. The van der Waals surface area contributed by atoms with Gasteiger partial charge in [0.2, 0.25) is 5.91 Å². The summed E-state index contributed by atoms with van der Waals surface area (Å²) in [5.41, 5.74) is 2.74. The summed E-state index contributed by atoms with van der Waals surface area (Å²) in [6.45, 7) is 2.58. The molecule has 0 aliphatic heterocycles. The van der Waals surface area contributed by atoms with Crippen LogP contribution in [-0.2, 0) is 17.9 Å². The highest BCUT2D eigenvalue weighted by Gasteiger charge is 2.16. The highest BCUT2D eigenvalue weighted by molar-refractivity contribution is 7.22. The number of nitrogens with zero attached hydrogens (tertiary/aromatic N) is 2. The fraction of sp³-hybridized carbons (Fsp3) is 0.174. The quantitative estimate of drug-likeness (QED) is 0.471. The molecule has 30 heavy (non-hydrogen) atoms. The van der Waals surface area contributed by atoms with Crippen molar-refractivity contribution in [3.8, 4) is 10.4 Å². The third-order valence-electron chi connectivity index (χ3n) is 4.97. The van der Waals surface area contributed by atoms with E-state index in [2.05, 4.69) is 10.3 Å². The second-order valence-corrected chi connectivity index (χ2v) is 8.37. The number of hydrogen-bond acceptors (Lipinski definition) is 4. The molecule has 0 aliphatic carbocycles. The van der Waals surface area contributed by atoms with Crippen molar-refractivity contribution in [2.24, 2.45) is 0 Å². The van der Waals surface area contributed by atoms with Crippen molar-refractivity contribution in [3.05, 3.63) is 87.4 Å². The van der Waals surface area contributed by atoms with Crippen LogP contribution in [0.4, 0.5) is 0 Å². The number of amides is 1. The summed E-state index contributed by atoms with van der Waals surface area (Å²) in [6, 6.07) is 17.4. The Hall–Kier alpha value is -2.96. The van der Waals surface area contributed by atoms with Crippen LogP contribution >= 0.6 is 22.9 Å². The zero-order valence-corrected chi connectivity index (χ0v) is 18.0. The minimum absolute atomic E-state index is 0.116. The molecule has 0 bridgehead atoms. The second-order valence-electron chi connectivity index (χ2n) is 6.96. The van der Waals surface area contributed by atoms with E-state index in [-0.39, 0.29) is 24.4 Å². The SMILES string of the molecule is Cc1c(-c2ccccc2)sc2ncn(CCC(=O)NCc3ccccc3Cl)c(=O)c12. The molecule has 4 rings (SSSR count). The van der Waals surface area contributed by atoms with Crippen LogP contribution in [0.2, 0.25) is 5.02 Å². The van der Waals surface area contributed by atoms with Gasteiger partial charge in [0.15, 0.2) is 0 Å². The predicted molar refractivity (Wildman–Crippen MR) is 122 cm³/mol. The van der Waals surface area contributed by atoms with Gasteiger partial charge in [0, 0.05) is 29.4 Å². The second kappa shape index (κ2) is 8.81. The molecule has 7 heteroatoms. The summed E-state index contributed by atoms with van der Waals surface area (Å²) < 4.78 is 1.51. The molecule has 0 saturated carbocycles. The molecule has 152 valence electrons. The molecule has 2 aromatic carbocycles. The van der Waals surface area contributed by atoms with Gasteiger partial charge in [-0.2, -0.15) is 0 Å². The van der Waals surface area contributed by atoms with Gasteiger partial charge in [0.05, 0.1) is 11.7 Å². The van der Waals surface area contributed by atoms with Crippen LogP contribution in [0.25, 0.3) is 20.7 Å². The Labute approximate surface area is 183 Å². The first-order valence-electron chi connectivity index (χ1n) is 9.58. The van der Waals surface area contributed by atoms with Gasteiger partial charge in [-0.15, -0.1) is 11.3 Å². The fourth-order valence-electron chi connectivity index (χ4n) is 3.33. The Kier molecular flexibility index (Phi) is 5.97. The van der Waals surface area contributed by atoms with Gasteiger partial charge in [-0.25, -0.2) is 4.98 Å². The molecule has 2 aromatic heterocycles. The molecule has 0 spiro atoms. The molecule has 0 radical (unpaired) electrons. The van der Waals surface area contributed by atoms with Gasteiger partial charge in [0.25, 0.3) is 5.56 Å². The predicted octanol–water partition coefficient (Wildman–Crippen LogP) is 4.79. The number of hydrogen-bond donors (Lipinski definition) is 1. The molecule has 0 aliphatic rings. The van der Waals surface area contributed by atoms with Gasteiger partial charge < -0.3 is 5.32 Å². The number of thiophene rings is 1. The lowest BCUT2D eigenvalue weighted by Crippen LogP contribution is -2.27. The summed E-state index contributed by atoms with van der Waals surface area (Å²) in [5.74, 6) is -0.145. The Morgan fingerprint density at radius 2 is 1.87 bits per heavy atom. The molecular weight excluding hydrogens is 418 g/mol. The average molecular weight is 438 g/mol. The third-order valence-corrected chi connectivity index (χ3v) is 6.58. The number of carbonyl (C=O) groups excluding carboxylic acids is 1. The number of benzene rings is 2. The van der Waals surface area contributed by atoms with E-state index in [9.17, 15) is 9.59 Å². The van der Waals surface area contributed by atoms with Crippen LogP contribution < -0.4 is 10.9 Å². The maximum atomic E-state index is 13.0. The van der Waals surface area contributed by atoms with Crippen LogP contribution in [0, 0.1) is 6.92 Å². The molecular formula is C23H20ClN3O2S. The number of carbonyl (C=O) groups is 1. The van der Waals surface area contributed by atoms with Crippen LogP contribution in [0.15, 0.2) is 65.7 Å². The van der Waals surface area contributed by atoms with Crippen molar-refractivity contribution >= 4 is 39.1 Å². The Balaban J connectivity index is 1.49. The Morgan fingerprint density at radius 1 is 1.13 bits per heavy atom. The molecule has 0 saturated heterocycles. The number of aromatic nitrogens is 2. The van der Waals surface area contributed by atoms with Gasteiger partial charge >= 0.3 is 0 Å². The maximum absolute atomic E-state index is 13.0. The van der Waals surface area contributed by atoms with Gasteiger partial charge in [-0.3, -0.25) is 14.2 Å². The van der Waals surface area contributed by atoms with E-state index in [0.29, 0.717) is 17.0 Å². The average Bonchev–Trinajstić information content (AvgIpc) is 3.10. The molecule has 4 aromatic rings. The molecule has 0 atom stereocenters. The zero-order chi connectivity index (χ0) is 21.1. The van der Waals surface area contributed by atoms with Gasteiger partial charge in [0.1, 0.15) is 4.83 Å². The highest BCUT2D eigenvalue weighted by Crippen LogP contribution is 2.35. The van der Waals surface area contributed by atoms with Crippen molar-refractivity contribution in [1.82, 2.24) is 14.9 Å². The summed E-state index contributed by atoms with van der Waals surface area (Å²) in [6.07, 6.45) is 1.71. The minimum atomic E-state index is -0.145. The van der Waals surface area contributed by atoms with Crippen LogP contribution in [0.5, 0.6) is 0 Å². The summed E-state index contributed by atoms with van der Waals surface area (Å²) >= 11 is 7.63. The number of nitrogens with one attached hydrogen (secondary N) is 1. The lowest BCUT2D eigenvalue weighted by Gasteiger charge is -2.08. The van der Waals surface area contributed by atoms with Crippen LogP contribution in [0.3, 0.4) is 0 Å². The molecule has 1 N–H and O–H groups in total. The van der Waals surface area contributed by atoms with Crippen molar-refractivity contribution in [2.75, 3.05) is 0 Å². The normalized spacial score (nSPS) is 11.0. The topological polar surface area (TPSA) is 64.0 Å². The molecule has 0 unspecified atom stereocenters. The largest absolute Gasteiger partial charge is 0.352 e. The Morgan fingerprint density at radius 3 is 2.63 bits per heavy atom. The molecule has 5 nitrogen and oxygen atoms in total. The van der Waals surface area contributed by atoms with E-state index in [1.165, 1.54) is 22.2 Å². The fourth-order valence-corrected chi connectivity index (χ4v) is 4.68. The number of halogens is 1. The standard InChI is InChI=1S/C23H20ClN3O2S/c1-15-20-22(30-21(15)16-7-3-2-4-8-16)26-14-27(23(20)29)12-11-19(28)25-13-17-9-5-6-10-18(17)24/h2-10,14H,11-13H2,1H3,(H,25,28). The maximum Gasteiger partial charge on any atom is 0.262 e. The van der Waals surface area contributed by atoms with E-state index < -0.39 is 0 Å². The lowest BCUT2D eigenvalue weighted by molar-refractivity contribution is -0.121. The van der Waals surface area contributed by atoms with Crippen LogP contribution in [-0.4, -0.2) is 15.5 Å². The number of aryl methyl sites for hydroxylation is 2. The van der Waals surface area contributed by atoms with E-state index in [1.807, 2.05) is 55.5 Å². The summed E-state index contributed by atoms with van der Waals surface area (Å²) in [4.78, 5) is 31.5.